The summed E-state index contributed by atoms with van der Waals surface area (Å²) in [6.45, 7) is 2.79. The van der Waals surface area contributed by atoms with Crippen LogP contribution in [0, 0.1) is 0 Å². The second kappa shape index (κ2) is 7.77. The Kier molecular flexibility index (Phi) is 5.48. The van der Waals surface area contributed by atoms with E-state index in [2.05, 4.69) is 12.0 Å². The van der Waals surface area contributed by atoms with Crippen LogP contribution >= 0.6 is 24.0 Å². The highest BCUT2D eigenvalue weighted by atomic mass is 32.2. The minimum atomic E-state index is -0.0880. The molecule has 0 radical (unpaired) electrons. The van der Waals surface area contributed by atoms with E-state index in [1.165, 1.54) is 16.8 Å². The Bertz CT molecular complexity index is 789. The third-order valence-corrected chi connectivity index (χ3v) is 5.05. The maximum Gasteiger partial charge on any atom is 0.259 e. The number of thioether (sulfide) groups is 1. The summed E-state index contributed by atoms with van der Waals surface area (Å²) in [5.41, 5.74) is 0.872. The summed E-state index contributed by atoms with van der Waals surface area (Å²) in [5.74, 6) is 1.04. The van der Waals surface area contributed by atoms with Crippen molar-refractivity contribution in [1.29, 1.82) is 0 Å². The second-order valence-corrected chi connectivity index (χ2v) is 7.01. The molecule has 1 fully saturated rings. The lowest BCUT2D eigenvalue weighted by Gasteiger charge is -2.12. The van der Waals surface area contributed by atoms with Crippen molar-refractivity contribution in [2.75, 3.05) is 12.4 Å². The molecule has 4 nitrogen and oxygen atoms in total. The van der Waals surface area contributed by atoms with Crippen LogP contribution in [0.4, 0.5) is 0 Å². The predicted molar refractivity (Wildman–Crippen MR) is 104 cm³/mol. The highest BCUT2D eigenvalue weighted by Gasteiger charge is 2.26. The molecule has 0 aliphatic carbocycles. The fourth-order valence-electron chi connectivity index (χ4n) is 2.44. The monoisotopic (exact) mass is 358 g/mol. The fourth-order valence-corrected chi connectivity index (χ4v) is 3.40. The minimum Gasteiger partial charge on any atom is -0.493 e. The van der Waals surface area contributed by atoms with Gasteiger partial charge in [0.2, 0.25) is 0 Å². The molecule has 0 spiro atoms. The van der Waals surface area contributed by atoms with E-state index in [0.717, 1.165) is 34.9 Å². The van der Waals surface area contributed by atoms with Crippen molar-refractivity contribution < 1.29 is 9.53 Å². The zero-order chi connectivity index (χ0) is 16.9. The first kappa shape index (κ1) is 16.9. The molecule has 1 amide bonds. The van der Waals surface area contributed by atoms with Gasteiger partial charge in [-0.25, -0.2) is 0 Å². The molecule has 1 aliphatic rings. The van der Waals surface area contributed by atoms with Gasteiger partial charge in [0.05, 0.1) is 18.6 Å². The van der Waals surface area contributed by atoms with Crippen molar-refractivity contribution in [1.82, 2.24) is 5.01 Å². The van der Waals surface area contributed by atoms with Gasteiger partial charge in [0, 0.05) is 5.56 Å². The molecule has 0 saturated carbocycles. The molecule has 1 aliphatic heterocycles. The van der Waals surface area contributed by atoms with E-state index < -0.39 is 0 Å². The first-order valence-corrected chi connectivity index (χ1v) is 9.28. The SMILES string of the molecule is CCCCOc1ccc2ccccc2c1/C=N\N1C(=O)CSC1=S. The average Bonchev–Trinajstić information content (AvgIpc) is 2.92. The molecule has 24 heavy (non-hydrogen) atoms. The summed E-state index contributed by atoms with van der Waals surface area (Å²) in [6, 6.07) is 12.0. The van der Waals surface area contributed by atoms with Crippen molar-refractivity contribution in [3.63, 3.8) is 0 Å². The van der Waals surface area contributed by atoms with Gasteiger partial charge in [-0.05, 0) is 23.3 Å². The van der Waals surface area contributed by atoms with Crippen LogP contribution in [-0.4, -0.2) is 33.8 Å². The third kappa shape index (κ3) is 3.60. The highest BCUT2D eigenvalue weighted by Crippen LogP contribution is 2.28. The molecular weight excluding hydrogens is 340 g/mol. The Morgan fingerprint density at radius 3 is 2.92 bits per heavy atom. The molecule has 1 saturated heterocycles. The standard InChI is InChI=1S/C18H18N2O2S2/c1-2-3-10-22-16-9-8-13-6-4-5-7-14(13)15(16)11-19-20-17(21)12-24-18(20)23/h4-9,11H,2-3,10,12H2,1H3/b19-11-. The number of hydrogen-bond donors (Lipinski definition) is 0. The Labute approximate surface area is 150 Å². The Morgan fingerprint density at radius 1 is 1.33 bits per heavy atom. The van der Waals surface area contributed by atoms with E-state index in [9.17, 15) is 4.79 Å². The lowest BCUT2D eigenvalue weighted by atomic mass is 10.0. The number of rotatable bonds is 6. The van der Waals surface area contributed by atoms with Crippen LogP contribution in [-0.2, 0) is 4.79 Å². The predicted octanol–water partition coefficient (Wildman–Crippen LogP) is 4.21. The number of amides is 1. The number of carbonyl (C=O) groups is 1. The topological polar surface area (TPSA) is 41.9 Å². The largest absolute Gasteiger partial charge is 0.493 e. The van der Waals surface area contributed by atoms with Gasteiger partial charge in [-0.2, -0.15) is 10.1 Å². The van der Waals surface area contributed by atoms with Crippen LogP contribution in [0.5, 0.6) is 5.75 Å². The van der Waals surface area contributed by atoms with Crippen molar-refractivity contribution in [2.24, 2.45) is 5.10 Å². The van der Waals surface area contributed by atoms with Gasteiger partial charge in [-0.1, -0.05) is 67.7 Å². The summed E-state index contributed by atoms with van der Waals surface area (Å²) >= 11 is 6.51. The van der Waals surface area contributed by atoms with Gasteiger partial charge >= 0.3 is 0 Å². The molecule has 3 rings (SSSR count). The first-order chi connectivity index (χ1) is 11.7. The lowest BCUT2D eigenvalue weighted by molar-refractivity contribution is -0.123. The van der Waals surface area contributed by atoms with Gasteiger partial charge in [0.25, 0.3) is 5.91 Å². The molecule has 0 atom stereocenters. The fraction of sp³-hybridized carbons (Fsp3) is 0.278. The first-order valence-electron chi connectivity index (χ1n) is 7.89. The highest BCUT2D eigenvalue weighted by molar-refractivity contribution is 8.23. The lowest BCUT2D eigenvalue weighted by Crippen LogP contribution is -2.22. The maximum absolute atomic E-state index is 11.8. The molecule has 2 aromatic rings. The van der Waals surface area contributed by atoms with Gasteiger partial charge in [-0.15, -0.1) is 0 Å². The van der Waals surface area contributed by atoms with E-state index in [1.54, 1.807) is 6.21 Å². The van der Waals surface area contributed by atoms with Crippen LogP contribution < -0.4 is 4.74 Å². The Hall–Kier alpha value is -1.92. The van der Waals surface area contributed by atoms with Gasteiger partial charge in [-0.3, -0.25) is 4.79 Å². The summed E-state index contributed by atoms with van der Waals surface area (Å²) < 4.78 is 6.41. The summed E-state index contributed by atoms with van der Waals surface area (Å²) in [6.07, 6.45) is 3.75. The summed E-state index contributed by atoms with van der Waals surface area (Å²) in [7, 11) is 0. The average molecular weight is 358 g/mol. The van der Waals surface area contributed by atoms with Crippen LogP contribution in [0.25, 0.3) is 10.8 Å². The zero-order valence-electron chi connectivity index (χ0n) is 13.4. The summed E-state index contributed by atoms with van der Waals surface area (Å²) in [5, 5.41) is 7.75. The van der Waals surface area contributed by atoms with Crippen molar-refractivity contribution in [3.05, 3.63) is 42.0 Å². The van der Waals surface area contributed by atoms with Crippen molar-refractivity contribution in [3.8, 4) is 5.75 Å². The maximum atomic E-state index is 11.8. The van der Waals surface area contributed by atoms with Crippen LogP contribution in [0.15, 0.2) is 41.5 Å². The second-order valence-electron chi connectivity index (χ2n) is 5.41. The molecule has 6 heteroatoms. The third-order valence-electron chi connectivity index (χ3n) is 3.72. The molecule has 2 aromatic carbocycles. The molecule has 0 aromatic heterocycles. The van der Waals surface area contributed by atoms with E-state index >= 15 is 0 Å². The molecular formula is C18H18N2O2S2. The van der Waals surface area contributed by atoms with Crippen molar-refractivity contribution in [2.45, 2.75) is 19.8 Å². The molecule has 124 valence electrons. The van der Waals surface area contributed by atoms with E-state index in [1.807, 2.05) is 36.4 Å². The normalized spacial score (nSPS) is 15.0. The number of unbranched alkanes of at least 4 members (excludes halogenated alkanes) is 1. The van der Waals surface area contributed by atoms with Crippen LogP contribution in [0.3, 0.4) is 0 Å². The Balaban J connectivity index is 1.97. The van der Waals surface area contributed by atoms with E-state index in [-0.39, 0.29) is 5.91 Å². The molecule has 1 heterocycles. The zero-order valence-corrected chi connectivity index (χ0v) is 15.0. The number of carbonyl (C=O) groups excluding carboxylic acids is 1. The number of thiocarbonyl (C=S) groups is 1. The molecule has 0 unspecified atom stereocenters. The number of ether oxygens (including phenoxy) is 1. The van der Waals surface area contributed by atoms with Gasteiger partial charge in [0.15, 0.2) is 4.32 Å². The van der Waals surface area contributed by atoms with Crippen LogP contribution in [0.2, 0.25) is 0 Å². The van der Waals surface area contributed by atoms with Crippen LogP contribution in [0.1, 0.15) is 25.3 Å². The minimum absolute atomic E-state index is 0.0880. The van der Waals surface area contributed by atoms with E-state index in [4.69, 9.17) is 17.0 Å². The number of hydrogen-bond acceptors (Lipinski definition) is 5. The number of nitrogens with zero attached hydrogens (tertiary/aromatic N) is 2. The van der Waals surface area contributed by atoms with E-state index in [0.29, 0.717) is 16.7 Å². The smallest absolute Gasteiger partial charge is 0.259 e. The molecule has 0 bridgehead atoms. The number of hydrazone groups is 1. The molecule has 0 N–H and O–H groups in total. The van der Waals surface area contributed by atoms with Crippen molar-refractivity contribution >= 4 is 51.2 Å². The number of fused-ring (bicyclic) bond motifs is 1. The van der Waals surface area contributed by atoms with Gasteiger partial charge < -0.3 is 4.74 Å². The van der Waals surface area contributed by atoms with Gasteiger partial charge in [0.1, 0.15) is 5.75 Å². The quantitative estimate of drug-likeness (QED) is 0.441. The number of benzene rings is 2. The Morgan fingerprint density at radius 2 is 2.17 bits per heavy atom. The summed E-state index contributed by atoms with van der Waals surface area (Å²) in [4.78, 5) is 11.8.